The van der Waals surface area contributed by atoms with Gasteiger partial charge in [-0.1, -0.05) is 35.5 Å². The molecule has 1 aliphatic carbocycles. The van der Waals surface area contributed by atoms with Gasteiger partial charge < -0.3 is 10.6 Å². The third kappa shape index (κ3) is 3.45. The summed E-state index contributed by atoms with van der Waals surface area (Å²) in [6.45, 7) is 0.183. The minimum absolute atomic E-state index is 0.128. The van der Waals surface area contributed by atoms with Crippen molar-refractivity contribution in [3.8, 4) is 11.1 Å². The maximum absolute atomic E-state index is 11.9. The minimum atomic E-state index is -0.159. The Hall–Kier alpha value is -2.95. The van der Waals surface area contributed by atoms with Crippen molar-refractivity contribution in [2.75, 3.05) is 0 Å². The lowest BCUT2D eigenvalue weighted by Gasteiger charge is -2.18. The SMILES string of the molecule is O=NCc1cccc(-c2ccc3c(c2)=CNC(NC(=O)C2CC2)C=3)c1. The van der Waals surface area contributed by atoms with E-state index < -0.39 is 0 Å². The van der Waals surface area contributed by atoms with Crippen LogP contribution in [0.3, 0.4) is 0 Å². The number of carbonyl (C=O) groups excluding carboxylic acids is 1. The van der Waals surface area contributed by atoms with Crippen LogP contribution in [-0.4, -0.2) is 12.1 Å². The lowest BCUT2D eigenvalue weighted by molar-refractivity contribution is -0.122. The third-order valence-electron chi connectivity index (χ3n) is 4.60. The first-order valence-corrected chi connectivity index (χ1v) is 8.50. The number of carbonyl (C=O) groups is 1. The Morgan fingerprint density at radius 2 is 1.96 bits per heavy atom. The predicted octanol–water partition coefficient (Wildman–Crippen LogP) is 1.59. The fourth-order valence-corrected chi connectivity index (χ4v) is 3.06. The van der Waals surface area contributed by atoms with Gasteiger partial charge in [0.2, 0.25) is 5.91 Å². The van der Waals surface area contributed by atoms with Crippen LogP contribution in [0.15, 0.2) is 47.6 Å². The highest BCUT2D eigenvalue weighted by Gasteiger charge is 2.30. The van der Waals surface area contributed by atoms with Crippen molar-refractivity contribution in [1.29, 1.82) is 0 Å². The van der Waals surface area contributed by atoms with Crippen LogP contribution >= 0.6 is 0 Å². The quantitative estimate of drug-likeness (QED) is 0.817. The van der Waals surface area contributed by atoms with E-state index in [-0.39, 0.29) is 24.5 Å². The van der Waals surface area contributed by atoms with E-state index in [9.17, 15) is 9.70 Å². The van der Waals surface area contributed by atoms with Gasteiger partial charge in [-0.3, -0.25) is 4.79 Å². The summed E-state index contributed by atoms with van der Waals surface area (Å²) < 4.78 is 0. The molecule has 2 aromatic rings. The Balaban J connectivity index is 1.59. The monoisotopic (exact) mass is 333 g/mol. The highest BCUT2D eigenvalue weighted by Crippen LogP contribution is 2.28. The lowest BCUT2D eigenvalue weighted by atomic mass is 10.0. The molecule has 1 unspecified atom stereocenters. The lowest BCUT2D eigenvalue weighted by Crippen LogP contribution is -2.48. The second-order valence-electron chi connectivity index (χ2n) is 6.57. The van der Waals surface area contributed by atoms with Crippen LogP contribution in [0.4, 0.5) is 0 Å². The number of rotatable bonds is 5. The molecule has 4 rings (SSSR count). The van der Waals surface area contributed by atoms with E-state index in [1.165, 1.54) is 0 Å². The van der Waals surface area contributed by atoms with Gasteiger partial charge in [0.1, 0.15) is 12.7 Å². The smallest absolute Gasteiger partial charge is 0.224 e. The number of nitroso groups, excluding NO2 is 1. The number of nitrogens with zero attached hydrogens (tertiary/aromatic N) is 1. The van der Waals surface area contributed by atoms with E-state index in [1.807, 2.05) is 36.5 Å². The molecular formula is C20H19N3O2. The Morgan fingerprint density at radius 3 is 2.76 bits per heavy atom. The molecule has 1 atom stereocenters. The van der Waals surface area contributed by atoms with Gasteiger partial charge in [0, 0.05) is 12.1 Å². The summed E-state index contributed by atoms with van der Waals surface area (Å²) >= 11 is 0. The molecule has 2 aromatic carbocycles. The zero-order valence-corrected chi connectivity index (χ0v) is 13.7. The summed E-state index contributed by atoms with van der Waals surface area (Å²) in [7, 11) is 0. The second kappa shape index (κ2) is 6.51. The van der Waals surface area contributed by atoms with Gasteiger partial charge in [-0.05, 0) is 58.2 Å². The molecule has 0 spiro atoms. The van der Waals surface area contributed by atoms with Crippen LogP contribution in [0.1, 0.15) is 18.4 Å². The van der Waals surface area contributed by atoms with E-state index in [2.05, 4.69) is 34.0 Å². The molecule has 25 heavy (non-hydrogen) atoms. The third-order valence-corrected chi connectivity index (χ3v) is 4.60. The fraction of sp³-hybridized carbons (Fsp3) is 0.250. The zero-order chi connectivity index (χ0) is 17.2. The van der Waals surface area contributed by atoms with Gasteiger partial charge >= 0.3 is 0 Å². The molecule has 5 heteroatoms. The molecule has 1 amide bonds. The molecule has 1 heterocycles. The van der Waals surface area contributed by atoms with Crippen LogP contribution in [0.25, 0.3) is 23.4 Å². The molecule has 2 aliphatic rings. The first-order chi connectivity index (χ1) is 12.2. The molecule has 1 aliphatic heterocycles. The van der Waals surface area contributed by atoms with Crippen molar-refractivity contribution < 1.29 is 4.79 Å². The van der Waals surface area contributed by atoms with E-state index in [1.54, 1.807) is 0 Å². The number of fused-ring (bicyclic) bond motifs is 1. The number of benzene rings is 2. The van der Waals surface area contributed by atoms with Gasteiger partial charge in [-0.25, -0.2) is 0 Å². The molecule has 0 aromatic heterocycles. The molecule has 0 radical (unpaired) electrons. The van der Waals surface area contributed by atoms with Crippen LogP contribution in [0, 0.1) is 10.8 Å². The Labute approximate surface area is 145 Å². The van der Waals surface area contributed by atoms with Crippen molar-refractivity contribution >= 4 is 18.2 Å². The van der Waals surface area contributed by atoms with Crippen molar-refractivity contribution in [3.63, 3.8) is 0 Å². The number of nitrogens with one attached hydrogen (secondary N) is 2. The van der Waals surface area contributed by atoms with Gasteiger partial charge in [0.25, 0.3) is 0 Å². The van der Waals surface area contributed by atoms with E-state index in [0.717, 1.165) is 40.0 Å². The summed E-state index contributed by atoms with van der Waals surface area (Å²) in [5, 5.41) is 11.4. The molecular weight excluding hydrogens is 314 g/mol. The largest absolute Gasteiger partial charge is 0.368 e. The first kappa shape index (κ1) is 15.6. The van der Waals surface area contributed by atoms with Crippen LogP contribution in [0.2, 0.25) is 0 Å². The normalized spacial score (nSPS) is 18.2. The molecule has 1 fully saturated rings. The summed E-state index contributed by atoms with van der Waals surface area (Å²) in [5.41, 5.74) is 3.04. The van der Waals surface area contributed by atoms with E-state index >= 15 is 0 Å². The van der Waals surface area contributed by atoms with Crippen molar-refractivity contribution in [2.45, 2.75) is 25.6 Å². The standard InChI is InChI=1S/C20H19N3O2/c24-20(14-4-5-14)23-19-10-17-7-6-16(9-18(17)12-21-19)15-3-1-2-13(8-15)11-22-25/h1-3,6-10,12,14,19,21H,4-5,11H2,(H,23,24). The second-order valence-corrected chi connectivity index (χ2v) is 6.57. The number of hydrogen-bond acceptors (Lipinski definition) is 4. The maximum atomic E-state index is 11.9. The molecule has 1 saturated carbocycles. The van der Waals surface area contributed by atoms with Crippen molar-refractivity contribution in [3.05, 3.63) is 63.4 Å². The van der Waals surface area contributed by atoms with Crippen LogP contribution in [0.5, 0.6) is 0 Å². The van der Waals surface area contributed by atoms with E-state index in [4.69, 9.17) is 0 Å². The van der Waals surface area contributed by atoms with E-state index in [0.29, 0.717) is 0 Å². The Morgan fingerprint density at radius 1 is 1.12 bits per heavy atom. The minimum Gasteiger partial charge on any atom is -0.368 e. The molecule has 126 valence electrons. The Kier molecular flexibility index (Phi) is 4.06. The molecule has 2 N–H and O–H groups in total. The van der Waals surface area contributed by atoms with Crippen LogP contribution in [-0.2, 0) is 11.3 Å². The van der Waals surface area contributed by atoms with Crippen molar-refractivity contribution in [1.82, 2.24) is 10.6 Å². The zero-order valence-electron chi connectivity index (χ0n) is 13.7. The number of amides is 1. The summed E-state index contributed by atoms with van der Waals surface area (Å²) in [4.78, 5) is 22.4. The Bertz CT molecular complexity index is 948. The van der Waals surface area contributed by atoms with Gasteiger partial charge in [0.05, 0.1) is 0 Å². The predicted molar refractivity (Wildman–Crippen MR) is 97.3 cm³/mol. The highest BCUT2D eigenvalue weighted by molar-refractivity contribution is 5.82. The average Bonchev–Trinajstić information content (AvgIpc) is 3.47. The summed E-state index contributed by atoms with van der Waals surface area (Å²) in [6.07, 6.45) is 5.81. The van der Waals surface area contributed by atoms with Gasteiger partial charge in [-0.2, -0.15) is 4.91 Å². The average molecular weight is 333 g/mol. The highest BCUT2D eigenvalue weighted by atomic mass is 16.3. The fourth-order valence-electron chi connectivity index (χ4n) is 3.06. The van der Waals surface area contributed by atoms with Gasteiger partial charge in [-0.15, -0.1) is 0 Å². The molecule has 0 saturated heterocycles. The van der Waals surface area contributed by atoms with Crippen LogP contribution < -0.4 is 21.1 Å². The maximum Gasteiger partial charge on any atom is 0.224 e. The summed E-state index contributed by atoms with van der Waals surface area (Å²) in [6, 6.07) is 14.1. The van der Waals surface area contributed by atoms with Crippen molar-refractivity contribution in [2.24, 2.45) is 11.1 Å². The number of hydrogen-bond donors (Lipinski definition) is 2. The van der Waals surface area contributed by atoms with Gasteiger partial charge in [0.15, 0.2) is 0 Å². The first-order valence-electron chi connectivity index (χ1n) is 8.50. The molecule has 0 bridgehead atoms. The molecule has 5 nitrogen and oxygen atoms in total. The summed E-state index contributed by atoms with van der Waals surface area (Å²) in [5.74, 6) is 0.329. The topological polar surface area (TPSA) is 70.6 Å².